The molecule has 1 aliphatic heterocycles. The number of fused-ring (bicyclic) bond motifs is 1. The van der Waals surface area contributed by atoms with Gasteiger partial charge in [0.15, 0.2) is 0 Å². The van der Waals surface area contributed by atoms with Gasteiger partial charge >= 0.3 is 5.97 Å². The number of anilines is 2. The van der Waals surface area contributed by atoms with Crippen molar-refractivity contribution in [2.45, 2.75) is 59.2 Å². The van der Waals surface area contributed by atoms with Gasteiger partial charge in [-0.05, 0) is 67.6 Å². The first-order valence-corrected chi connectivity index (χ1v) is 12.7. The van der Waals surface area contributed by atoms with Crippen molar-refractivity contribution in [2.24, 2.45) is 0 Å². The summed E-state index contributed by atoms with van der Waals surface area (Å²) in [6.45, 7) is 11.4. The number of nitrogen functional groups attached to an aromatic ring is 1. The molecule has 36 heavy (non-hydrogen) atoms. The van der Waals surface area contributed by atoms with E-state index in [-0.39, 0.29) is 18.4 Å². The third-order valence-electron chi connectivity index (χ3n) is 7.06. The first-order chi connectivity index (χ1) is 17.3. The van der Waals surface area contributed by atoms with E-state index in [1.807, 2.05) is 44.2 Å². The number of nitrogens with two attached hydrogens (primary N) is 1. The monoisotopic (exact) mass is 487 g/mol. The van der Waals surface area contributed by atoms with Crippen LogP contribution in [0.5, 0.6) is 5.75 Å². The summed E-state index contributed by atoms with van der Waals surface area (Å²) in [5.74, 6) is -0.161. The Balaban J connectivity index is 1.67. The molecule has 0 aliphatic carbocycles. The predicted octanol–water partition coefficient (Wildman–Crippen LogP) is 5.71. The molecule has 0 fully saturated rings. The zero-order valence-electron chi connectivity index (χ0n) is 21.7. The van der Waals surface area contributed by atoms with Gasteiger partial charge in [-0.1, -0.05) is 42.5 Å². The largest absolute Gasteiger partial charge is 0.489 e. The maximum atomic E-state index is 11.9. The van der Waals surface area contributed by atoms with E-state index in [9.17, 15) is 9.90 Å². The molecular weight excluding hydrogens is 450 g/mol. The smallest absolute Gasteiger partial charge is 0.304 e. The van der Waals surface area contributed by atoms with E-state index in [0.29, 0.717) is 5.69 Å². The molecule has 4 rings (SSSR count). The highest BCUT2D eigenvalue weighted by Gasteiger charge is 2.24. The van der Waals surface area contributed by atoms with Crippen molar-refractivity contribution >= 4 is 17.3 Å². The van der Waals surface area contributed by atoms with E-state index < -0.39 is 5.97 Å². The van der Waals surface area contributed by atoms with Crippen molar-refractivity contribution in [3.8, 4) is 5.75 Å². The summed E-state index contributed by atoms with van der Waals surface area (Å²) in [5.41, 5.74) is 14.4. The average molecular weight is 488 g/mol. The van der Waals surface area contributed by atoms with Gasteiger partial charge in [0.05, 0.1) is 17.8 Å². The molecule has 0 spiro atoms. The highest BCUT2D eigenvalue weighted by Crippen LogP contribution is 2.36. The van der Waals surface area contributed by atoms with Crippen molar-refractivity contribution in [3.63, 3.8) is 0 Å². The average Bonchev–Trinajstić information content (AvgIpc) is 2.99. The van der Waals surface area contributed by atoms with Gasteiger partial charge < -0.3 is 20.9 Å². The summed E-state index contributed by atoms with van der Waals surface area (Å²) in [5, 5.41) is 13.1. The number of hydrogen-bond donors (Lipinski definition) is 3. The van der Waals surface area contributed by atoms with E-state index in [1.54, 1.807) is 0 Å². The molecular formula is C30H37N3O3. The fourth-order valence-corrected chi connectivity index (χ4v) is 5.16. The number of nitrogens with one attached hydrogen (secondary N) is 1. The number of nitrogens with zero attached hydrogens (tertiary/aromatic N) is 1. The number of carbonyl (C=O) groups is 1. The van der Waals surface area contributed by atoms with Crippen molar-refractivity contribution in [1.29, 1.82) is 0 Å². The van der Waals surface area contributed by atoms with E-state index in [1.165, 1.54) is 16.7 Å². The zero-order valence-corrected chi connectivity index (χ0v) is 21.7. The molecule has 0 saturated carbocycles. The molecule has 0 saturated heterocycles. The first-order valence-electron chi connectivity index (χ1n) is 12.7. The number of aliphatic carboxylic acids is 1. The highest BCUT2D eigenvalue weighted by molar-refractivity contribution is 5.74. The number of para-hydroxylation sites is 1. The van der Waals surface area contributed by atoms with Gasteiger partial charge in [-0.25, -0.2) is 0 Å². The summed E-state index contributed by atoms with van der Waals surface area (Å²) < 4.78 is 6.15. The molecule has 3 aromatic carbocycles. The normalized spacial score (nSPS) is 16.5. The van der Waals surface area contributed by atoms with Gasteiger partial charge in [-0.3, -0.25) is 9.69 Å². The molecule has 1 heterocycles. The molecule has 6 heteroatoms. The van der Waals surface area contributed by atoms with E-state index >= 15 is 0 Å². The fraction of sp³-hybridized carbons (Fsp3) is 0.367. The van der Waals surface area contributed by atoms with Crippen molar-refractivity contribution in [3.05, 3.63) is 88.0 Å². The maximum Gasteiger partial charge on any atom is 0.304 e. The lowest BCUT2D eigenvalue weighted by atomic mass is 9.84. The second-order valence-electron chi connectivity index (χ2n) is 9.81. The summed E-state index contributed by atoms with van der Waals surface area (Å²) in [6.07, 6.45) is 0.0865. The third kappa shape index (κ3) is 5.65. The lowest BCUT2D eigenvalue weighted by molar-refractivity contribution is -0.137. The second kappa shape index (κ2) is 11.0. The van der Waals surface area contributed by atoms with Crippen LogP contribution in [-0.2, 0) is 17.9 Å². The predicted molar refractivity (Wildman–Crippen MR) is 146 cm³/mol. The van der Waals surface area contributed by atoms with E-state index in [4.69, 9.17) is 10.5 Å². The Morgan fingerprint density at radius 2 is 1.97 bits per heavy atom. The Bertz CT molecular complexity index is 1240. The zero-order chi connectivity index (χ0) is 25.8. The Morgan fingerprint density at radius 3 is 2.72 bits per heavy atom. The molecule has 1 aliphatic rings. The molecule has 0 radical (unpaired) electrons. The second-order valence-corrected chi connectivity index (χ2v) is 9.81. The SMILES string of the molecule is CCNc1ccc(C(CC(=O)O)c2ccc(C)c(CN3Cc4ccccc4O[C@@H](C)C3)c2)c(C)c1N. The van der Waals surface area contributed by atoms with Gasteiger partial charge in [0.2, 0.25) is 0 Å². The van der Waals surface area contributed by atoms with Gasteiger partial charge in [-0.2, -0.15) is 0 Å². The Labute approximate surface area is 214 Å². The standard InChI is InChI=1S/C30H37N3O3/c1-5-32-27-13-12-25(21(4)30(27)31)26(15-29(34)35)22-11-10-19(2)24(14-22)18-33-16-20(3)36-28-9-7-6-8-23(28)17-33/h6-14,20,26,32H,5,15-18,31H2,1-4H3,(H,34,35)/t20-,26?/m0/s1. The Kier molecular flexibility index (Phi) is 7.85. The quantitative estimate of drug-likeness (QED) is 0.353. The molecule has 2 atom stereocenters. The van der Waals surface area contributed by atoms with Crippen LogP contribution in [0, 0.1) is 13.8 Å². The van der Waals surface area contributed by atoms with Crippen LogP contribution in [0.3, 0.4) is 0 Å². The van der Waals surface area contributed by atoms with Gasteiger partial charge in [-0.15, -0.1) is 0 Å². The summed E-state index contributed by atoms with van der Waals surface area (Å²) in [7, 11) is 0. The van der Waals surface area contributed by atoms with Gasteiger partial charge in [0.25, 0.3) is 0 Å². The third-order valence-corrected chi connectivity index (χ3v) is 7.06. The molecule has 190 valence electrons. The fourth-order valence-electron chi connectivity index (χ4n) is 5.16. The molecule has 1 unspecified atom stereocenters. The van der Waals surface area contributed by atoms with Crippen LogP contribution in [-0.4, -0.2) is 35.2 Å². The van der Waals surface area contributed by atoms with E-state index in [2.05, 4.69) is 48.3 Å². The van der Waals surface area contributed by atoms with Crippen molar-refractivity contribution in [1.82, 2.24) is 4.90 Å². The van der Waals surface area contributed by atoms with Gasteiger partial charge in [0, 0.05) is 37.7 Å². The first kappa shape index (κ1) is 25.6. The van der Waals surface area contributed by atoms with Crippen LogP contribution in [0.4, 0.5) is 11.4 Å². The number of rotatable bonds is 8. The van der Waals surface area contributed by atoms with Crippen LogP contribution in [0.1, 0.15) is 59.6 Å². The lowest BCUT2D eigenvalue weighted by Gasteiger charge is -2.25. The van der Waals surface area contributed by atoms with Crippen LogP contribution in [0.2, 0.25) is 0 Å². The number of hydrogen-bond acceptors (Lipinski definition) is 5. The lowest BCUT2D eigenvalue weighted by Crippen LogP contribution is -2.30. The number of benzene rings is 3. The Hall–Kier alpha value is -3.51. The van der Waals surface area contributed by atoms with Crippen LogP contribution in [0.15, 0.2) is 54.6 Å². The summed E-state index contributed by atoms with van der Waals surface area (Å²) >= 11 is 0. The number of aryl methyl sites for hydroxylation is 1. The molecule has 3 aromatic rings. The molecule has 0 amide bonds. The molecule has 0 bridgehead atoms. The number of carboxylic acids is 1. The minimum atomic E-state index is -0.828. The topological polar surface area (TPSA) is 87.8 Å². The highest BCUT2D eigenvalue weighted by atomic mass is 16.5. The number of carboxylic acid groups (broad SMARTS) is 1. The van der Waals surface area contributed by atoms with Crippen LogP contribution in [0.25, 0.3) is 0 Å². The van der Waals surface area contributed by atoms with Crippen LogP contribution >= 0.6 is 0 Å². The minimum Gasteiger partial charge on any atom is -0.489 e. The van der Waals surface area contributed by atoms with Crippen LogP contribution < -0.4 is 15.8 Å². The summed E-state index contributed by atoms with van der Waals surface area (Å²) in [6, 6.07) is 18.5. The summed E-state index contributed by atoms with van der Waals surface area (Å²) in [4.78, 5) is 14.3. The van der Waals surface area contributed by atoms with Crippen molar-refractivity contribution in [2.75, 3.05) is 24.1 Å². The minimum absolute atomic E-state index is 0.00526. The molecule has 4 N–H and O–H groups in total. The van der Waals surface area contributed by atoms with E-state index in [0.717, 1.165) is 54.3 Å². The van der Waals surface area contributed by atoms with Gasteiger partial charge in [0.1, 0.15) is 11.9 Å². The molecule has 0 aromatic heterocycles. The Morgan fingerprint density at radius 1 is 1.19 bits per heavy atom. The number of ether oxygens (including phenoxy) is 1. The van der Waals surface area contributed by atoms with Crippen molar-refractivity contribution < 1.29 is 14.6 Å². The molecule has 6 nitrogen and oxygen atoms in total. The maximum absolute atomic E-state index is 11.9.